The van der Waals surface area contributed by atoms with Crippen molar-refractivity contribution in [2.45, 2.75) is 17.6 Å². The molecule has 2 amide bonds. The van der Waals surface area contributed by atoms with Crippen LogP contribution in [0.25, 0.3) is 0 Å². The maximum absolute atomic E-state index is 12.6. The highest BCUT2D eigenvalue weighted by Gasteiger charge is 2.54. The Kier molecular flexibility index (Phi) is 6.37. The SMILES string of the molecule is Nc1nc(/C(=N/OCC(F)(F)F)C(=O)N[C@@H]2C(=O)N3C(C(=O)O)=C(CO)CS[C@H]23)ns1. The minimum absolute atomic E-state index is 0.0900. The first-order valence-electron chi connectivity index (χ1n) is 8.21. The first-order chi connectivity index (χ1) is 14.5. The molecule has 0 aliphatic carbocycles. The Hall–Kier alpha value is -2.92. The molecule has 0 aromatic carbocycles. The number of nitrogens with zero attached hydrogens (tertiary/aromatic N) is 4. The molecule has 3 rings (SSSR count). The van der Waals surface area contributed by atoms with E-state index in [-0.39, 0.29) is 22.2 Å². The summed E-state index contributed by atoms with van der Waals surface area (Å²) >= 11 is 1.75. The number of fused-ring (bicyclic) bond motifs is 1. The van der Waals surface area contributed by atoms with Gasteiger partial charge in [0.1, 0.15) is 17.1 Å². The van der Waals surface area contributed by atoms with Crippen molar-refractivity contribution >= 4 is 51.9 Å². The Balaban J connectivity index is 1.78. The summed E-state index contributed by atoms with van der Waals surface area (Å²) in [5, 5.41) is 23.2. The number of halogens is 3. The lowest BCUT2D eigenvalue weighted by Crippen LogP contribution is -2.71. The van der Waals surface area contributed by atoms with Gasteiger partial charge >= 0.3 is 12.1 Å². The molecule has 0 bridgehead atoms. The molecular formula is C14H13F3N6O6S2. The van der Waals surface area contributed by atoms with Gasteiger partial charge in [0.2, 0.25) is 18.1 Å². The summed E-state index contributed by atoms with van der Waals surface area (Å²) in [6.45, 7) is -2.35. The number of β-lactam (4-membered cyclic amide) rings is 1. The number of aromatic nitrogens is 2. The topological polar surface area (TPSA) is 180 Å². The van der Waals surface area contributed by atoms with Gasteiger partial charge in [-0.2, -0.15) is 22.5 Å². The van der Waals surface area contributed by atoms with Gasteiger partial charge in [-0.05, 0) is 5.57 Å². The summed E-state index contributed by atoms with van der Waals surface area (Å²) < 4.78 is 40.7. The zero-order chi connectivity index (χ0) is 22.9. The maximum atomic E-state index is 12.6. The average molecular weight is 482 g/mol. The van der Waals surface area contributed by atoms with E-state index in [1.165, 1.54) is 0 Å². The summed E-state index contributed by atoms with van der Waals surface area (Å²) in [5.74, 6) is -3.63. The van der Waals surface area contributed by atoms with Gasteiger partial charge in [0.15, 0.2) is 5.13 Å². The number of carboxylic acid groups (broad SMARTS) is 1. The van der Waals surface area contributed by atoms with E-state index in [2.05, 4.69) is 24.7 Å². The summed E-state index contributed by atoms with van der Waals surface area (Å²) in [5.41, 5.74) is 4.44. The van der Waals surface area contributed by atoms with Crippen molar-refractivity contribution in [3.63, 3.8) is 0 Å². The number of oxime groups is 1. The predicted octanol–water partition coefficient (Wildman–Crippen LogP) is -0.866. The molecule has 1 aromatic heterocycles. The van der Waals surface area contributed by atoms with Crippen molar-refractivity contribution in [1.82, 2.24) is 19.6 Å². The fourth-order valence-corrected chi connectivity index (χ4v) is 4.47. The van der Waals surface area contributed by atoms with Crippen molar-refractivity contribution in [3.8, 4) is 0 Å². The largest absolute Gasteiger partial charge is 0.477 e. The number of aliphatic hydroxyl groups excluding tert-OH is 1. The quantitative estimate of drug-likeness (QED) is 0.217. The highest BCUT2D eigenvalue weighted by molar-refractivity contribution is 8.00. The van der Waals surface area contributed by atoms with E-state index >= 15 is 0 Å². The van der Waals surface area contributed by atoms with Gasteiger partial charge < -0.3 is 26.1 Å². The lowest BCUT2D eigenvalue weighted by Gasteiger charge is -2.49. The number of nitrogens with two attached hydrogens (primary N) is 1. The molecule has 0 unspecified atom stereocenters. The molecule has 3 heterocycles. The molecule has 1 aromatic rings. The Morgan fingerprint density at radius 2 is 2.13 bits per heavy atom. The van der Waals surface area contributed by atoms with Crippen molar-refractivity contribution in [2.24, 2.45) is 5.16 Å². The van der Waals surface area contributed by atoms with E-state index in [1.807, 2.05) is 0 Å². The molecule has 2 aliphatic heterocycles. The van der Waals surface area contributed by atoms with Crippen molar-refractivity contribution in [2.75, 3.05) is 24.7 Å². The second kappa shape index (κ2) is 8.67. The minimum Gasteiger partial charge on any atom is -0.477 e. The van der Waals surface area contributed by atoms with Crippen LogP contribution in [-0.4, -0.2) is 84.5 Å². The zero-order valence-corrected chi connectivity index (χ0v) is 16.8. The molecule has 17 heteroatoms. The van der Waals surface area contributed by atoms with Crippen LogP contribution in [0, 0.1) is 0 Å². The average Bonchev–Trinajstić information content (AvgIpc) is 3.12. The van der Waals surface area contributed by atoms with Crippen LogP contribution in [0.5, 0.6) is 0 Å². The van der Waals surface area contributed by atoms with Crippen LogP contribution < -0.4 is 11.1 Å². The van der Waals surface area contributed by atoms with E-state index in [9.17, 15) is 37.8 Å². The molecule has 5 N–H and O–H groups in total. The number of thioether (sulfide) groups is 1. The first kappa shape index (κ1) is 22.8. The number of carboxylic acids is 1. The predicted molar refractivity (Wildman–Crippen MR) is 99.6 cm³/mol. The third kappa shape index (κ3) is 4.72. The lowest BCUT2D eigenvalue weighted by molar-refractivity contribution is -0.174. The molecule has 168 valence electrons. The number of hydrogen-bond acceptors (Lipinski definition) is 11. The van der Waals surface area contributed by atoms with E-state index < -0.39 is 60.1 Å². The highest BCUT2D eigenvalue weighted by Crippen LogP contribution is 2.40. The Morgan fingerprint density at radius 1 is 1.42 bits per heavy atom. The van der Waals surface area contributed by atoms with Crippen LogP contribution >= 0.6 is 23.3 Å². The first-order valence-corrected chi connectivity index (χ1v) is 10.0. The van der Waals surface area contributed by atoms with Crippen LogP contribution in [0.15, 0.2) is 16.4 Å². The number of amides is 2. The fraction of sp³-hybridized carbons (Fsp3) is 0.429. The number of aliphatic hydroxyl groups is 1. The number of nitrogen functional groups attached to an aromatic ring is 1. The van der Waals surface area contributed by atoms with Gasteiger partial charge in [-0.1, -0.05) is 5.16 Å². The number of carbonyl (C=O) groups excluding carboxylic acids is 2. The minimum atomic E-state index is -4.72. The Labute approximate surface area is 179 Å². The van der Waals surface area contributed by atoms with Gasteiger partial charge in [-0.25, -0.2) is 4.79 Å². The summed E-state index contributed by atoms with van der Waals surface area (Å²) in [6.07, 6.45) is -4.72. The molecule has 0 spiro atoms. The number of nitrogens with one attached hydrogen (secondary N) is 1. The van der Waals surface area contributed by atoms with Gasteiger partial charge in [-0.15, -0.1) is 11.8 Å². The monoisotopic (exact) mass is 482 g/mol. The molecular weight excluding hydrogens is 469 g/mol. The van der Waals surface area contributed by atoms with Crippen molar-refractivity contribution < 1.29 is 42.6 Å². The second-order valence-electron chi connectivity index (χ2n) is 6.06. The van der Waals surface area contributed by atoms with Crippen LogP contribution in [0.3, 0.4) is 0 Å². The van der Waals surface area contributed by atoms with Gasteiger partial charge in [0.25, 0.3) is 11.8 Å². The van der Waals surface area contributed by atoms with Crippen molar-refractivity contribution in [1.29, 1.82) is 0 Å². The molecule has 12 nitrogen and oxygen atoms in total. The smallest absolute Gasteiger partial charge is 0.425 e. The number of anilines is 1. The fourth-order valence-electron chi connectivity index (χ4n) is 2.70. The number of alkyl halides is 3. The number of aliphatic carboxylic acids is 1. The van der Waals surface area contributed by atoms with Gasteiger partial charge in [-0.3, -0.25) is 14.5 Å². The van der Waals surface area contributed by atoms with Crippen LogP contribution in [0.4, 0.5) is 18.3 Å². The standard InChI is InChI=1S/C14H13F3N6O6S2/c15-14(16,17)3-29-21-5(8-20-13(18)31-22-8)9(25)19-6-10(26)23-7(12(27)28)4(1-24)2-30-11(6)23/h6,11,24H,1-3H2,(H,19,25)(H,27,28)(H2,18,20,22)/b21-5-/t6-,11-/m1/s1. The summed E-state index contributed by atoms with van der Waals surface area (Å²) in [6, 6.07) is -1.20. The maximum Gasteiger partial charge on any atom is 0.425 e. The number of carbonyl (C=O) groups is 3. The number of rotatable bonds is 7. The van der Waals surface area contributed by atoms with E-state index in [1.54, 1.807) is 0 Å². The normalized spacial score (nSPS) is 21.5. The van der Waals surface area contributed by atoms with E-state index in [0.29, 0.717) is 11.5 Å². The lowest BCUT2D eigenvalue weighted by atomic mass is 10.0. The van der Waals surface area contributed by atoms with E-state index in [0.717, 1.165) is 16.7 Å². The second-order valence-corrected chi connectivity index (χ2v) is 7.95. The Morgan fingerprint density at radius 3 is 2.68 bits per heavy atom. The molecule has 31 heavy (non-hydrogen) atoms. The number of hydrogen-bond donors (Lipinski definition) is 4. The molecule has 2 atom stereocenters. The molecule has 2 aliphatic rings. The Bertz CT molecular complexity index is 980. The molecule has 1 saturated heterocycles. The van der Waals surface area contributed by atoms with Crippen LogP contribution in [0.2, 0.25) is 0 Å². The summed E-state index contributed by atoms with van der Waals surface area (Å²) in [4.78, 5) is 45.3. The van der Waals surface area contributed by atoms with Gasteiger partial charge in [0, 0.05) is 17.3 Å². The highest BCUT2D eigenvalue weighted by atomic mass is 32.2. The van der Waals surface area contributed by atoms with Crippen molar-refractivity contribution in [3.05, 3.63) is 17.1 Å². The third-order valence-corrected chi connectivity index (χ3v) is 5.86. The third-order valence-electron chi connectivity index (χ3n) is 3.98. The zero-order valence-electron chi connectivity index (χ0n) is 15.1. The van der Waals surface area contributed by atoms with Crippen LogP contribution in [0.1, 0.15) is 5.82 Å². The van der Waals surface area contributed by atoms with Crippen LogP contribution in [-0.2, 0) is 19.2 Å². The summed E-state index contributed by atoms with van der Waals surface area (Å²) in [7, 11) is 0. The van der Waals surface area contributed by atoms with E-state index in [4.69, 9.17) is 5.73 Å². The molecule has 0 radical (unpaired) electrons. The molecule has 1 fully saturated rings. The van der Waals surface area contributed by atoms with Gasteiger partial charge in [0.05, 0.1) is 6.61 Å². The molecule has 0 saturated carbocycles.